The van der Waals surface area contributed by atoms with Gasteiger partial charge in [0.25, 0.3) is 0 Å². The standard InChI is InChI=1S/C56H58N2/c1-3-15-55(49-34-35-54-50(38-49)37-48-20-10-11-25-53(48)54)58-56(45-32-28-41(29-33-45)40-16-6-4-7-17-40)57-39(2)46-21-14-22-47(36-46)42-26-30-44(31-27-42)52-24-13-12-23-51(52)43-18-8-5-9-19-43/h3-8,11-18,22-23,25-26,28-30,32-35,38,42,44,46-47,52,56,58H,1,9-10,19-21,24,27,31,36-37H2,2H3/b55-15+,57-39+. The molecule has 3 aromatic carbocycles. The van der Waals surface area contributed by atoms with E-state index in [4.69, 9.17) is 4.99 Å². The molecule has 1 N–H and O–H groups in total. The molecule has 6 aliphatic rings. The van der Waals surface area contributed by atoms with Crippen LogP contribution in [0.1, 0.15) is 93.1 Å². The first-order chi connectivity index (χ1) is 28.6. The highest BCUT2D eigenvalue weighted by atomic mass is 15.1. The monoisotopic (exact) mass is 758 g/mol. The molecule has 9 rings (SSSR count). The quantitative estimate of drug-likeness (QED) is 0.118. The number of nitrogens with zero attached hydrogens (tertiary/aromatic N) is 1. The summed E-state index contributed by atoms with van der Waals surface area (Å²) in [4.78, 5) is 5.60. The van der Waals surface area contributed by atoms with Crippen LogP contribution < -0.4 is 5.32 Å². The van der Waals surface area contributed by atoms with Crippen molar-refractivity contribution >= 4 is 17.0 Å². The van der Waals surface area contributed by atoms with Crippen LogP contribution in [0.15, 0.2) is 186 Å². The molecule has 0 saturated carbocycles. The smallest absolute Gasteiger partial charge is 0.144 e. The van der Waals surface area contributed by atoms with Crippen molar-refractivity contribution in [1.82, 2.24) is 5.32 Å². The zero-order valence-electron chi connectivity index (χ0n) is 34.2. The topological polar surface area (TPSA) is 24.4 Å². The van der Waals surface area contributed by atoms with Gasteiger partial charge in [-0.2, -0.15) is 0 Å². The summed E-state index contributed by atoms with van der Waals surface area (Å²) < 4.78 is 0. The zero-order chi connectivity index (χ0) is 39.3. The second-order valence-corrected chi connectivity index (χ2v) is 17.2. The minimum absolute atomic E-state index is 0.236. The fraction of sp³-hybridized carbons (Fsp3) is 0.304. The molecule has 2 nitrogen and oxygen atoms in total. The number of benzene rings is 3. The first-order valence-corrected chi connectivity index (χ1v) is 22.0. The maximum atomic E-state index is 5.60. The molecule has 0 amide bonds. The molecule has 0 radical (unpaired) electrons. The molecule has 0 saturated heterocycles. The maximum Gasteiger partial charge on any atom is 0.144 e. The third-order valence-corrected chi connectivity index (χ3v) is 13.7. The summed E-state index contributed by atoms with van der Waals surface area (Å²) in [5.74, 6) is 2.76. The van der Waals surface area contributed by atoms with Gasteiger partial charge in [-0.25, -0.2) is 0 Å². The van der Waals surface area contributed by atoms with Gasteiger partial charge in [-0.3, -0.25) is 4.99 Å². The van der Waals surface area contributed by atoms with Gasteiger partial charge in [-0.1, -0.05) is 158 Å². The number of hydrogen-bond acceptors (Lipinski definition) is 2. The molecule has 0 bridgehead atoms. The Morgan fingerprint density at radius 2 is 1.60 bits per heavy atom. The Hall–Kier alpha value is -5.47. The van der Waals surface area contributed by atoms with Crippen molar-refractivity contribution in [2.45, 2.75) is 77.3 Å². The second-order valence-electron chi connectivity index (χ2n) is 17.2. The summed E-state index contributed by atoms with van der Waals surface area (Å²) in [5, 5.41) is 3.94. The Bertz CT molecular complexity index is 2310. The molecule has 2 heteroatoms. The first kappa shape index (κ1) is 38.1. The van der Waals surface area contributed by atoms with Gasteiger partial charge in [-0.05, 0) is 157 Å². The minimum atomic E-state index is -0.236. The maximum absolute atomic E-state index is 5.60. The largest absolute Gasteiger partial charge is 0.360 e. The predicted molar refractivity (Wildman–Crippen MR) is 247 cm³/mol. The van der Waals surface area contributed by atoms with Crippen LogP contribution in [0, 0.1) is 29.6 Å². The highest BCUT2D eigenvalue weighted by Gasteiger charge is 2.32. The highest BCUT2D eigenvalue weighted by Crippen LogP contribution is 2.44. The molecule has 0 spiro atoms. The van der Waals surface area contributed by atoms with Gasteiger partial charge in [0, 0.05) is 17.3 Å². The van der Waals surface area contributed by atoms with Gasteiger partial charge in [0.15, 0.2) is 0 Å². The van der Waals surface area contributed by atoms with E-state index in [1.807, 2.05) is 6.08 Å². The van der Waals surface area contributed by atoms with Gasteiger partial charge in [-0.15, -0.1) is 0 Å². The van der Waals surface area contributed by atoms with Crippen LogP contribution in [-0.2, 0) is 6.42 Å². The molecule has 6 aliphatic carbocycles. The minimum Gasteiger partial charge on any atom is -0.360 e. The van der Waals surface area contributed by atoms with Gasteiger partial charge < -0.3 is 5.32 Å². The van der Waals surface area contributed by atoms with Crippen molar-refractivity contribution < 1.29 is 0 Å². The van der Waals surface area contributed by atoms with Crippen molar-refractivity contribution in [3.63, 3.8) is 0 Å². The lowest BCUT2D eigenvalue weighted by Crippen LogP contribution is -2.27. The third-order valence-electron chi connectivity index (χ3n) is 13.7. The summed E-state index contributed by atoms with van der Waals surface area (Å²) >= 11 is 0. The van der Waals surface area contributed by atoms with E-state index in [1.54, 1.807) is 16.7 Å². The van der Waals surface area contributed by atoms with Crippen LogP contribution in [0.5, 0.6) is 0 Å². The van der Waals surface area contributed by atoms with Gasteiger partial charge >= 0.3 is 0 Å². The number of rotatable bonds is 11. The fourth-order valence-electron chi connectivity index (χ4n) is 10.4. The van der Waals surface area contributed by atoms with Gasteiger partial charge in [0.2, 0.25) is 0 Å². The van der Waals surface area contributed by atoms with Crippen molar-refractivity contribution in [1.29, 1.82) is 0 Å². The normalized spacial score (nSPS) is 25.8. The van der Waals surface area contributed by atoms with Crippen LogP contribution in [0.25, 0.3) is 22.4 Å². The lowest BCUT2D eigenvalue weighted by atomic mass is 9.69. The molecule has 6 unspecified atom stereocenters. The van der Waals surface area contributed by atoms with Crippen molar-refractivity contribution in [2.24, 2.45) is 34.6 Å². The van der Waals surface area contributed by atoms with Crippen LogP contribution >= 0.6 is 0 Å². The van der Waals surface area contributed by atoms with E-state index < -0.39 is 0 Å². The number of hydrogen-bond donors (Lipinski definition) is 1. The van der Waals surface area contributed by atoms with Crippen molar-refractivity contribution in [3.8, 4) is 11.1 Å². The second kappa shape index (κ2) is 17.6. The molecular formula is C56H58N2. The van der Waals surface area contributed by atoms with E-state index in [1.165, 1.54) is 64.8 Å². The summed E-state index contributed by atoms with van der Waals surface area (Å²) in [7, 11) is 0. The predicted octanol–water partition coefficient (Wildman–Crippen LogP) is 14.2. The van der Waals surface area contributed by atoms with E-state index in [9.17, 15) is 0 Å². The average molecular weight is 759 g/mol. The first-order valence-electron chi connectivity index (χ1n) is 22.0. The SMILES string of the molecule is C=C/C=C(/NC(/N=C(\C)C1CC=CC(C2C=CC(C3CC=CC=C3C3=CC=CCC3)CC2)C1)c1ccc(-c2ccccc2)cc1)c1ccc2c(c1)CC1=C2C=CCC1. The van der Waals surface area contributed by atoms with Crippen LogP contribution in [0.4, 0.5) is 0 Å². The summed E-state index contributed by atoms with van der Waals surface area (Å²) in [6.07, 6.45) is 44.1. The highest BCUT2D eigenvalue weighted by molar-refractivity contribution is 5.86. The molecule has 0 heterocycles. The molecular weight excluding hydrogens is 701 g/mol. The number of aliphatic imine (C=N–C) groups is 1. The number of allylic oxidation sites excluding steroid dienone is 18. The molecule has 0 aliphatic heterocycles. The van der Waals surface area contributed by atoms with Crippen LogP contribution in [0.3, 0.4) is 0 Å². The number of fused-ring (bicyclic) bond motifs is 2. The Kier molecular flexibility index (Phi) is 11.5. The zero-order valence-corrected chi connectivity index (χ0v) is 34.2. The van der Waals surface area contributed by atoms with E-state index in [0.717, 1.165) is 49.8 Å². The summed E-state index contributed by atoms with van der Waals surface area (Å²) in [5.41, 5.74) is 16.0. The Morgan fingerprint density at radius 1 is 0.793 bits per heavy atom. The molecule has 292 valence electrons. The molecule has 0 aromatic heterocycles. The van der Waals surface area contributed by atoms with Crippen LogP contribution in [0.2, 0.25) is 0 Å². The van der Waals surface area contributed by atoms with Crippen molar-refractivity contribution in [2.75, 3.05) is 0 Å². The molecule has 58 heavy (non-hydrogen) atoms. The van der Waals surface area contributed by atoms with Gasteiger partial charge in [0.1, 0.15) is 6.17 Å². The fourth-order valence-corrected chi connectivity index (χ4v) is 10.4. The van der Waals surface area contributed by atoms with Crippen LogP contribution in [-0.4, -0.2) is 5.71 Å². The van der Waals surface area contributed by atoms with E-state index in [-0.39, 0.29) is 6.17 Å². The van der Waals surface area contributed by atoms with Gasteiger partial charge in [0.05, 0.1) is 0 Å². The number of nitrogens with one attached hydrogen (secondary N) is 1. The third kappa shape index (κ3) is 8.26. The molecule has 0 fully saturated rings. The lowest BCUT2D eigenvalue weighted by Gasteiger charge is -2.36. The summed E-state index contributed by atoms with van der Waals surface area (Å²) in [6.45, 7) is 6.41. The van der Waals surface area contributed by atoms with E-state index in [0.29, 0.717) is 29.6 Å². The van der Waals surface area contributed by atoms with Crippen molar-refractivity contribution in [3.05, 3.63) is 203 Å². The van der Waals surface area contributed by atoms with E-state index in [2.05, 4.69) is 171 Å². The Labute approximate surface area is 347 Å². The Morgan fingerprint density at radius 3 is 2.41 bits per heavy atom. The van der Waals surface area contributed by atoms with E-state index >= 15 is 0 Å². The molecule has 6 atom stereocenters. The lowest BCUT2D eigenvalue weighted by molar-refractivity contribution is 0.308. The average Bonchev–Trinajstić information content (AvgIpc) is 3.67. The molecule has 3 aromatic rings. The summed E-state index contributed by atoms with van der Waals surface area (Å²) in [6, 6.07) is 26.6. The Balaban J connectivity index is 0.943.